The van der Waals surface area contributed by atoms with E-state index >= 15 is 0 Å². The summed E-state index contributed by atoms with van der Waals surface area (Å²) in [6.07, 6.45) is -2.27. The molecule has 106 valence electrons. The van der Waals surface area contributed by atoms with E-state index in [1.807, 2.05) is 0 Å². The summed E-state index contributed by atoms with van der Waals surface area (Å²) in [7, 11) is 0. The second kappa shape index (κ2) is 5.69. The van der Waals surface area contributed by atoms with Gasteiger partial charge in [-0.05, 0) is 47.0 Å². The van der Waals surface area contributed by atoms with Gasteiger partial charge in [0.1, 0.15) is 5.82 Å². The molecule has 2 unspecified atom stereocenters. The van der Waals surface area contributed by atoms with Gasteiger partial charge in [-0.1, -0.05) is 12.8 Å². The zero-order valence-corrected chi connectivity index (χ0v) is 11.7. The Kier molecular flexibility index (Phi) is 4.38. The van der Waals surface area contributed by atoms with Crippen LogP contribution in [0.15, 0.2) is 22.7 Å². The van der Waals surface area contributed by atoms with Crippen LogP contribution >= 0.6 is 15.9 Å². The summed E-state index contributed by atoms with van der Waals surface area (Å²) in [6.45, 7) is 0. The molecule has 0 radical (unpaired) electrons. The van der Waals surface area contributed by atoms with Crippen LogP contribution in [0.25, 0.3) is 0 Å². The van der Waals surface area contributed by atoms with Crippen molar-refractivity contribution < 1.29 is 17.6 Å². The van der Waals surface area contributed by atoms with Crippen molar-refractivity contribution in [2.45, 2.75) is 37.9 Å². The quantitative estimate of drug-likeness (QED) is 0.737. The smallest absolute Gasteiger partial charge is 0.381 e. The van der Waals surface area contributed by atoms with Gasteiger partial charge in [0, 0.05) is 10.5 Å². The van der Waals surface area contributed by atoms with Crippen LogP contribution in [0.4, 0.5) is 23.2 Å². The van der Waals surface area contributed by atoms with Crippen LogP contribution in [-0.4, -0.2) is 12.2 Å². The highest BCUT2D eigenvalue weighted by Gasteiger charge is 2.45. The molecule has 1 aliphatic carbocycles. The van der Waals surface area contributed by atoms with Crippen LogP contribution in [0.5, 0.6) is 0 Å². The SMILES string of the molecule is Fc1ccc(Br)c(NC2CCCCC2C(F)(F)F)c1. The Labute approximate surface area is 117 Å². The Hall–Kier alpha value is -0.780. The number of anilines is 1. The Bertz CT molecular complexity index is 447. The lowest BCUT2D eigenvalue weighted by molar-refractivity contribution is -0.184. The predicted octanol–water partition coefficient (Wildman–Crippen LogP) is 5.12. The van der Waals surface area contributed by atoms with E-state index in [0.29, 0.717) is 23.0 Å². The minimum absolute atomic E-state index is 0.133. The van der Waals surface area contributed by atoms with Crippen LogP contribution in [0, 0.1) is 11.7 Å². The summed E-state index contributed by atoms with van der Waals surface area (Å²) in [5, 5.41) is 2.84. The predicted molar refractivity (Wildman–Crippen MR) is 69.5 cm³/mol. The first kappa shape index (κ1) is 14.6. The molecule has 6 heteroatoms. The van der Waals surface area contributed by atoms with Crippen molar-refractivity contribution >= 4 is 21.6 Å². The fourth-order valence-electron chi connectivity index (χ4n) is 2.50. The topological polar surface area (TPSA) is 12.0 Å². The Morgan fingerprint density at radius 1 is 1.16 bits per heavy atom. The molecule has 0 spiro atoms. The number of benzene rings is 1. The maximum atomic E-state index is 13.1. The first-order valence-corrected chi connectivity index (χ1v) is 6.95. The summed E-state index contributed by atoms with van der Waals surface area (Å²) < 4.78 is 52.6. The van der Waals surface area contributed by atoms with Crippen molar-refractivity contribution in [1.82, 2.24) is 0 Å². The zero-order chi connectivity index (χ0) is 14.0. The summed E-state index contributed by atoms with van der Waals surface area (Å²) in [6, 6.07) is 3.28. The third kappa shape index (κ3) is 3.61. The van der Waals surface area contributed by atoms with Gasteiger partial charge in [0.05, 0.1) is 11.6 Å². The zero-order valence-electron chi connectivity index (χ0n) is 10.1. The molecule has 2 rings (SSSR count). The highest BCUT2D eigenvalue weighted by molar-refractivity contribution is 9.10. The number of hydrogen-bond donors (Lipinski definition) is 1. The summed E-state index contributed by atoms with van der Waals surface area (Å²) in [5.74, 6) is -1.83. The van der Waals surface area contributed by atoms with E-state index in [9.17, 15) is 17.6 Å². The summed E-state index contributed by atoms with van der Waals surface area (Å²) >= 11 is 3.22. The highest BCUT2D eigenvalue weighted by Crippen LogP contribution is 2.39. The highest BCUT2D eigenvalue weighted by atomic mass is 79.9. The molecule has 19 heavy (non-hydrogen) atoms. The third-order valence-electron chi connectivity index (χ3n) is 3.46. The van der Waals surface area contributed by atoms with E-state index < -0.39 is 24.0 Å². The molecule has 1 N–H and O–H groups in total. The Balaban J connectivity index is 2.17. The fourth-order valence-corrected chi connectivity index (χ4v) is 2.86. The van der Waals surface area contributed by atoms with E-state index in [0.717, 1.165) is 6.42 Å². The maximum Gasteiger partial charge on any atom is 0.393 e. The molecule has 2 atom stereocenters. The monoisotopic (exact) mass is 339 g/mol. The van der Waals surface area contributed by atoms with Crippen molar-refractivity contribution in [3.63, 3.8) is 0 Å². The molecule has 1 aromatic rings. The molecule has 1 aromatic carbocycles. The first-order chi connectivity index (χ1) is 8.88. The maximum absolute atomic E-state index is 13.1. The van der Waals surface area contributed by atoms with Gasteiger partial charge >= 0.3 is 6.18 Å². The van der Waals surface area contributed by atoms with Gasteiger partial charge < -0.3 is 5.32 Å². The van der Waals surface area contributed by atoms with E-state index in [-0.39, 0.29) is 6.42 Å². The van der Waals surface area contributed by atoms with Gasteiger partial charge in [0.2, 0.25) is 0 Å². The molecular formula is C13H14BrF4N. The van der Waals surface area contributed by atoms with Gasteiger partial charge in [-0.3, -0.25) is 0 Å². The van der Waals surface area contributed by atoms with Crippen molar-refractivity contribution in [2.75, 3.05) is 5.32 Å². The van der Waals surface area contributed by atoms with Crippen molar-refractivity contribution in [1.29, 1.82) is 0 Å². The minimum Gasteiger partial charge on any atom is -0.381 e. The molecule has 1 nitrogen and oxygen atoms in total. The van der Waals surface area contributed by atoms with Crippen molar-refractivity contribution in [3.05, 3.63) is 28.5 Å². The molecular weight excluding hydrogens is 326 g/mol. The minimum atomic E-state index is -4.21. The average molecular weight is 340 g/mol. The normalized spacial score (nSPS) is 24.3. The molecule has 0 heterocycles. The number of halogens is 5. The molecule has 0 bridgehead atoms. The molecule has 1 saturated carbocycles. The molecule has 0 amide bonds. The lowest BCUT2D eigenvalue weighted by Crippen LogP contribution is -2.41. The first-order valence-electron chi connectivity index (χ1n) is 6.16. The van der Waals surface area contributed by atoms with Crippen molar-refractivity contribution in [2.24, 2.45) is 5.92 Å². The average Bonchev–Trinajstić information content (AvgIpc) is 2.33. The van der Waals surface area contributed by atoms with E-state index in [1.165, 1.54) is 18.2 Å². The van der Waals surface area contributed by atoms with Gasteiger partial charge in [-0.2, -0.15) is 13.2 Å². The molecule has 0 aromatic heterocycles. The van der Waals surface area contributed by atoms with Gasteiger partial charge in [-0.15, -0.1) is 0 Å². The van der Waals surface area contributed by atoms with Gasteiger partial charge in [-0.25, -0.2) is 4.39 Å². The lowest BCUT2D eigenvalue weighted by atomic mass is 9.84. The van der Waals surface area contributed by atoms with E-state index in [2.05, 4.69) is 21.2 Å². The second-order valence-electron chi connectivity index (χ2n) is 4.81. The molecule has 0 saturated heterocycles. The number of alkyl halides is 3. The molecule has 1 fully saturated rings. The number of rotatable bonds is 2. The largest absolute Gasteiger partial charge is 0.393 e. The van der Waals surface area contributed by atoms with Crippen LogP contribution in [0.3, 0.4) is 0 Å². The number of hydrogen-bond acceptors (Lipinski definition) is 1. The van der Waals surface area contributed by atoms with Gasteiger partial charge in [0.15, 0.2) is 0 Å². The molecule has 1 aliphatic rings. The van der Waals surface area contributed by atoms with Crippen LogP contribution < -0.4 is 5.32 Å². The van der Waals surface area contributed by atoms with Crippen molar-refractivity contribution in [3.8, 4) is 0 Å². The Morgan fingerprint density at radius 2 is 1.84 bits per heavy atom. The Morgan fingerprint density at radius 3 is 2.53 bits per heavy atom. The van der Waals surface area contributed by atoms with Crippen LogP contribution in [0.1, 0.15) is 25.7 Å². The van der Waals surface area contributed by atoms with Gasteiger partial charge in [0.25, 0.3) is 0 Å². The third-order valence-corrected chi connectivity index (χ3v) is 4.15. The van der Waals surface area contributed by atoms with Crippen LogP contribution in [0.2, 0.25) is 0 Å². The summed E-state index contributed by atoms with van der Waals surface area (Å²) in [5.41, 5.74) is 0.376. The summed E-state index contributed by atoms with van der Waals surface area (Å²) in [4.78, 5) is 0. The second-order valence-corrected chi connectivity index (χ2v) is 5.66. The fraction of sp³-hybridized carbons (Fsp3) is 0.538. The lowest BCUT2D eigenvalue weighted by Gasteiger charge is -2.34. The van der Waals surface area contributed by atoms with E-state index in [1.54, 1.807) is 0 Å². The van der Waals surface area contributed by atoms with Crippen LogP contribution in [-0.2, 0) is 0 Å². The molecule has 0 aliphatic heterocycles. The number of nitrogens with one attached hydrogen (secondary N) is 1. The van der Waals surface area contributed by atoms with E-state index in [4.69, 9.17) is 0 Å². The standard InChI is InChI=1S/C13H14BrF4N/c14-10-6-5-8(15)7-12(10)19-11-4-2-1-3-9(11)13(16,17)18/h5-7,9,11,19H,1-4H2.